The molecule has 0 spiro atoms. The van der Waals surface area contributed by atoms with Crippen molar-refractivity contribution in [3.05, 3.63) is 35.2 Å². The number of imidazole rings is 1. The zero-order valence-corrected chi connectivity index (χ0v) is 15.3. The number of hydrogen-bond acceptors (Lipinski definition) is 5. The van der Waals surface area contributed by atoms with Gasteiger partial charge in [0.1, 0.15) is 12.2 Å². The third-order valence-electron chi connectivity index (χ3n) is 5.11. The van der Waals surface area contributed by atoms with Crippen LogP contribution in [0.2, 0.25) is 0 Å². The highest BCUT2D eigenvalue weighted by Gasteiger charge is 2.26. The van der Waals surface area contributed by atoms with E-state index in [1.54, 1.807) is 5.51 Å². The van der Waals surface area contributed by atoms with Gasteiger partial charge in [0.2, 0.25) is 5.91 Å². The highest BCUT2D eigenvalue weighted by Crippen LogP contribution is 2.26. The maximum absolute atomic E-state index is 12.7. The Morgan fingerprint density at radius 3 is 2.96 bits per heavy atom. The van der Waals surface area contributed by atoms with Crippen molar-refractivity contribution in [2.45, 2.75) is 38.3 Å². The van der Waals surface area contributed by atoms with Gasteiger partial charge >= 0.3 is 0 Å². The topological polar surface area (TPSA) is 80.0 Å². The number of rotatable bonds is 5. The molecule has 1 amide bonds. The third-order valence-corrected chi connectivity index (χ3v) is 5.69. The molecule has 1 aromatic carbocycles. The van der Waals surface area contributed by atoms with Crippen LogP contribution in [-0.2, 0) is 11.3 Å². The van der Waals surface area contributed by atoms with Crippen molar-refractivity contribution in [2.24, 2.45) is 5.92 Å². The molecule has 1 fully saturated rings. The maximum atomic E-state index is 12.7. The summed E-state index contributed by atoms with van der Waals surface area (Å²) in [7, 11) is 0. The molecule has 3 aromatic rings. The molecule has 0 bridgehead atoms. The highest BCUT2D eigenvalue weighted by molar-refractivity contribution is 7.07. The number of thiazole rings is 1. The lowest BCUT2D eigenvalue weighted by atomic mass is 9.85. The molecule has 6 nitrogen and oxygen atoms in total. The molecule has 0 aliphatic heterocycles. The van der Waals surface area contributed by atoms with Gasteiger partial charge < -0.3 is 15.0 Å². The van der Waals surface area contributed by atoms with Crippen LogP contribution in [0.1, 0.15) is 25.7 Å². The number of nitrogens with one attached hydrogen (secondary N) is 1. The molecular formula is C19H22N4O2S. The van der Waals surface area contributed by atoms with E-state index in [1.165, 1.54) is 11.3 Å². The number of amides is 1. The maximum Gasteiger partial charge on any atom is 0.240 e. The standard InChI is InChI=1S/C19H22N4O2S/c24-10-13-5-1-2-6-14(13)21-18(25)9-23-17-8-4-3-7-15(17)22-19(23)16-11-26-12-20-16/h3-4,7-8,11-14,24H,1-2,5-6,9-10H2,(H,21,25). The Kier molecular flexibility index (Phi) is 4.99. The molecule has 2 atom stereocenters. The number of hydrogen-bond donors (Lipinski definition) is 2. The van der Waals surface area contributed by atoms with Gasteiger partial charge in [-0.1, -0.05) is 25.0 Å². The first kappa shape index (κ1) is 17.2. The largest absolute Gasteiger partial charge is 0.396 e. The molecule has 136 valence electrons. The number of aliphatic hydroxyl groups is 1. The van der Waals surface area contributed by atoms with Crippen molar-refractivity contribution in [1.82, 2.24) is 19.9 Å². The first-order valence-electron chi connectivity index (χ1n) is 9.00. The van der Waals surface area contributed by atoms with Gasteiger partial charge in [0.25, 0.3) is 0 Å². The molecule has 2 aromatic heterocycles. The van der Waals surface area contributed by atoms with Crippen LogP contribution in [0.4, 0.5) is 0 Å². The van der Waals surface area contributed by atoms with Crippen LogP contribution in [0.5, 0.6) is 0 Å². The van der Waals surface area contributed by atoms with Crippen molar-refractivity contribution in [3.8, 4) is 11.5 Å². The zero-order valence-electron chi connectivity index (χ0n) is 14.5. The molecule has 2 heterocycles. The lowest BCUT2D eigenvalue weighted by molar-refractivity contribution is -0.123. The van der Waals surface area contributed by atoms with Crippen molar-refractivity contribution in [3.63, 3.8) is 0 Å². The van der Waals surface area contributed by atoms with Gasteiger partial charge in [-0.05, 0) is 25.0 Å². The van der Waals surface area contributed by atoms with Gasteiger partial charge in [-0.2, -0.15) is 0 Å². The summed E-state index contributed by atoms with van der Waals surface area (Å²) in [6.07, 6.45) is 4.12. The quantitative estimate of drug-likeness (QED) is 0.724. The first-order chi connectivity index (χ1) is 12.8. The summed E-state index contributed by atoms with van der Waals surface area (Å²) in [4.78, 5) is 21.8. The molecule has 1 aliphatic carbocycles. The summed E-state index contributed by atoms with van der Waals surface area (Å²) >= 11 is 1.51. The average molecular weight is 370 g/mol. The number of aliphatic hydroxyl groups excluding tert-OH is 1. The van der Waals surface area contributed by atoms with E-state index in [2.05, 4.69) is 15.3 Å². The summed E-state index contributed by atoms with van der Waals surface area (Å²) in [6, 6.07) is 7.87. The number of fused-ring (bicyclic) bond motifs is 1. The van der Waals surface area contributed by atoms with Gasteiger partial charge in [0.05, 0.1) is 16.5 Å². The molecule has 2 unspecified atom stereocenters. The van der Waals surface area contributed by atoms with E-state index in [0.717, 1.165) is 42.4 Å². The molecule has 4 rings (SSSR count). The smallest absolute Gasteiger partial charge is 0.240 e. The Labute approximate surface area is 155 Å². The monoisotopic (exact) mass is 370 g/mol. The Bertz CT molecular complexity index is 890. The number of carbonyl (C=O) groups is 1. The normalized spacial score (nSPS) is 20.3. The van der Waals surface area contributed by atoms with Crippen LogP contribution in [0.3, 0.4) is 0 Å². The Morgan fingerprint density at radius 1 is 1.31 bits per heavy atom. The number of nitrogens with zero attached hydrogens (tertiary/aromatic N) is 3. The predicted molar refractivity (Wildman–Crippen MR) is 102 cm³/mol. The van der Waals surface area contributed by atoms with E-state index in [1.807, 2.05) is 34.2 Å². The third kappa shape index (κ3) is 3.37. The number of carbonyl (C=O) groups excluding carboxylic acids is 1. The van der Waals surface area contributed by atoms with Crippen molar-refractivity contribution in [2.75, 3.05) is 6.61 Å². The minimum absolute atomic E-state index is 0.0463. The van der Waals surface area contributed by atoms with Crippen LogP contribution < -0.4 is 5.32 Å². The van der Waals surface area contributed by atoms with Gasteiger partial charge in [0.15, 0.2) is 5.82 Å². The van der Waals surface area contributed by atoms with E-state index < -0.39 is 0 Å². The fraction of sp³-hybridized carbons (Fsp3) is 0.421. The summed E-state index contributed by atoms with van der Waals surface area (Å²) in [5.74, 6) is 0.824. The zero-order chi connectivity index (χ0) is 17.9. The molecule has 2 N–H and O–H groups in total. The van der Waals surface area contributed by atoms with E-state index >= 15 is 0 Å². The molecule has 0 radical (unpaired) electrons. The summed E-state index contributed by atoms with van der Waals surface area (Å²) < 4.78 is 1.93. The van der Waals surface area contributed by atoms with Crippen molar-refractivity contribution < 1.29 is 9.90 Å². The van der Waals surface area contributed by atoms with Gasteiger partial charge in [-0.15, -0.1) is 11.3 Å². The van der Waals surface area contributed by atoms with E-state index in [-0.39, 0.29) is 31.0 Å². The summed E-state index contributed by atoms with van der Waals surface area (Å²) in [6.45, 7) is 0.324. The van der Waals surface area contributed by atoms with E-state index in [9.17, 15) is 9.90 Å². The first-order valence-corrected chi connectivity index (χ1v) is 9.94. The number of benzene rings is 1. The predicted octanol–water partition coefficient (Wildman–Crippen LogP) is 2.83. The van der Waals surface area contributed by atoms with Crippen LogP contribution in [0.25, 0.3) is 22.6 Å². The Hall–Kier alpha value is -2.25. The second-order valence-electron chi connectivity index (χ2n) is 6.79. The van der Waals surface area contributed by atoms with Crippen LogP contribution in [-0.4, -0.2) is 38.2 Å². The Balaban J connectivity index is 1.60. The van der Waals surface area contributed by atoms with Crippen molar-refractivity contribution in [1.29, 1.82) is 0 Å². The second-order valence-corrected chi connectivity index (χ2v) is 7.50. The lowest BCUT2D eigenvalue weighted by Crippen LogP contribution is -2.44. The fourth-order valence-corrected chi connectivity index (χ4v) is 4.30. The lowest BCUT2D eigenvalue weighted by Gasteiger charge is -2.31. The number of aromatic nitrogens is 3. The fourth-order valence-electron chi connectivity index (χ4n) is 3.77. The molecular weight excluding hydrogens is 348 g/mol. The van der Waals surface area contributed by atoms with Gasteiger partial charge in [-0.25, -0.2) is 9.97 Å². The van der Waals surface area contributed by atoms with E-state index in [0.29, 0.717) is 5.82 Å². The van der Waals surface area contributed by atoms with Crippen molar-refractivity contribution >= 4 is 28.3 Å². The van der Waals surface area contributed by atoms with Gasteiger partial charge in [-0.3, -0.25) is 4.79 Å². The van der Waals surface area contributed by atoms with E-state index in [4.69, 9.17) is 0 Å². The summed E-state index contributed by atoms with van der Waals surface area (Å²) in [5, 5.41) is 14.6. The minimum atomic E-state index is -0.0463. The molecule has 26 heavy (non-hydrogen) atoms. The average Bonchev–Trinajstić information content (AvgIpc) is 3.30. The molecule has 1 saturated carbocycles. The van der Waals surface area contributed by atoms with Crippen LogP contribution >= 0.6 is 11.3 Å². The highest BCUT2D eigenvalue weighted by atomic mass is 32.1. The number of para-hydroxylation sites is 2. The molecule has 0 saturated heterocycles. The Morgan fingerprint density at radius 2 is 2.15 bits per heavy atom. The SMILES string of the molecule is O=C(Cn1c(-c2cscn2)nc2ccccc21)NC1CCCCC1CO. The van der Waals surface area contributed by atoms with Gasteiger partial charge in [0, 0.05) is 23.9 Å². The minimum Gasteiger partial charge on any atom is -0.396 e. The van der Waals surface area contributed by atoms with Crippen LogP contribution in [0, 0.1) is 5.92 Å². The molecule has 1 aliphatic rings. The van der Waals surface area contributed by atoms with Crippen LogP contribution in [0.15, 0.2) is 35.2 Å². The molecule has 7 heteroatoms. The summed E-state index contributed by atoms with van der Waals surface area (Å²) in [5.41, 5.74) is 4.33. The second kappa shape index (κ2) is 7.55.